The highest BCUT2D eigenvalue weighted by atomic mass is 16.1. The van der Waals surface area contributed by atoms with Crippen molar-refractivity contribution < 1.29 is 4.79 Å². The zero-order valence-electron chi connectivity index (χ0n) is 11.8. The van der Waals surface area contributed by atoms with Crippen molar-refractivity contribution in [2.24, 2.45) is 0 Å². The second-order valence-electron chi connectivity index (χ2n) is 5.87. The van der Waals surface area contributed by atoms with Gasteiger partial charge in [0.1, 0.15) is 11.5 Å². The Morgan fingerprint density at radius 2 is 1.70 bits per heavy atom. The van der Waals surface area contributed by atoms with E-state index in [1.54, 1.807) is 12.4 Å². The molecule has 0 saturated heterocycles. The van der Waals surface area contributed by atoms with Crippen LogP contribution >= 0.6 is 0 Å². The molecule has 0 spiro atoms. The maximum atomic E-state index is 12.1. The fourth-order valence-electron chi connectivity index (χ4n) is 2.64. The molecule has 0 unspecified atom stereocenters. The SMILES string of the molecule is O=C(NC1CCCCCC1)c1cnc(NC2CC2)cn1. The Balaban J connectivity index is 1.55. The lowest BCUT2D eigenvalue weighted by molar-refractivity contribution is 0.0928. The van der Waals surface area contributed by atoms with E-state index in [9.17, 15) is 4.79 Å². The lowest BCUT2D eigenvalue weighted by Gasteiger charge is -2.15. The average Bonchev–Trinajstić information content (AvgIpc) is 3.27. The normalized spacial score (nSPS) is 20.2. The van der Waals surface area contributed by atoms with Crippen LogP contribution in [0.1, 0.15) is 61.9 Å². The Labute approximate surface area is 119 Å². The second-order valence-corrected chi connectivity index (χ2v) is 5.87. The Morgan fingerprint density at radius 1 is 0.950 bits per heavy atom. The van der Waals surface area contributed by atoms with Gasteiger partial charge in [0.15, 0.2) is 0 Å². The predicted octanol–water partition coefficient (Wildman–Crippen LogP) is 2.50. The summed E-state index contributed by atoms with van der Waals surface area (Å²) in [4.78, 5) is 20.6. The van der Waals surface area contributed by atoms with Gasteiger partial charge in [0.2, 0.25) is 0 Å². The van der Waals surface area contributed by atoms with Crippen molar-refractivity contribution in [3.8, 4) is 0 Å². The zero-order valence-corrected chi connectivity index (χ0v) is 11.8. The highest BCUT2D eigenvalue weighted by molar-refractivity contribution is 5.92. The van der Waals surface area contributed by atoms with Gasteiger partial charge in [-0.2, -0.15) is 0 Å². The Kier molecular flexibility index (Phi) is 4.14. The first-order valence-corrected chi connectivity index (χ1v) is 7.71. The molecule has 0 bridgehead atoms. The third-order valence-corrected chi connectivity index (χ3v) is 4.00. The highest BCUT2D eigenvalue weighted by Gasteiger charge is 2.21. The monoisotopic (exact) mass is 274 g/mol. The highest BCUT2D eigenvalue weighted by Crippen LogP contribution is 2.23. The van der Waals surface area contributed by atoms with Crippen LogP contribution in [0.4, 0.5) is 5.82 Å². The molecule has 5 nitrogen and oxygen atoms in total. The fraction of sp³-hybridized carbons (Fsp3) is 0.667. The first kappa shape index (κ1) is 13.3. The first-order chi connectivity index (χ1) is 9.81. The number of carbonyl (C=O) groups excluding carboxylic acids is 1. The summed E-state index contributed by atoms with van der Waals surface area (Å²) < 4.78 is 0. The molecule has 2 aliphatic rings. The average molecular weight is 274 g/mol. The lowest BCUT2D eigenvalue weighted by atomic mass is 10.1. The van der Waals surface area contributed by atoms with Gasteiger partial charge in [-0.25, -0.2) is 9.97 Å². The summed E-state index contributed by atoms with van der Waals surface area (Å²) >= 11 is 0. The van der Waals surface area contributed by atoms with Crippen molar-refractivity contribution in [1.29, 1.82) is 0 Å². The van der Waals surface area contributed by atoms with Crippen molar-refractivity contribution >= 4 is 11.7 Å². The Morgan fingerprint density at radius 3 is 2.30 bits per heavy atom. The number of nitrogens with one attached hydrogen (secondary N) is 2. The van der Waals surface area contributed by atoms with Gasteiger partial charge >= 0.3 is 0 Å². The Bertz CT molecular complexity index is 447. The first-order valence-electron chi connectivity index (χ1n) is 7.71. The van der Waals surface area contributed by atoms with E-state index < -0.39 is 0 Å². The molecule has 2 fully saturated rings. The van der Waals surface area contributed by atoms with Crippen LogP contribution in [0.15, 0.2) is 12.4 Å². The van der Waals surface area contributed by atoms with E-state index in [0.29, 0.717) is 17.8 Å². The van der Waals surface area contributed by atoms with E-state index in [1.807, 2.05) is 0 Å². The molecule has 0 aliphatic heterocycles. The molecule has 108 valence electrons. The van der Waals surface area contributed by atoms with E-state index in [-0.39, 0.29) is 5.91 Å². The lowest BCUT2D eigenvalue weighted by Crippen LogP contribution is -2.35. The molecule has 0 aromatic carbocycles. The molecule has 2 saturated carbocycles. The van der Waals surface area contributed by atoms with Gasteiger partial charge in [-0.3, -0.25) is 4.79 Å². The molecule has 20 heavy (non-hydrogen) atoms. The van der Waals surface area contributed by atoms with Crippen LogP contribution in [-0.4, -0.2) is 28.0 Å². The summed E-state index contributed by atoms with van der Waals surface area (Å²) in [6.07, 6.45) is 12.8. The van der Waals surface area contributed by atoms with Gasteiger partial charge in [0.25, 0.3) is 5.91 Å². The maximum Gasteiger partial charge on any atom is 0.271 e. The van der Waals surface area contributed by atoms with Crippen LogP contribution < -0.4 is 10.6 Å². The standard InChI is InChI=1S/C15H22N4O/c20-15(19-11-5-3-1-2-4-6-11)13-9-17-14(10-16-13)18-12-7-8-12/h9-12H,1-8H2,(H,17,18)(H,19,20). The predicted molar refractivity (Wildman–Crippen MR) is 77.6 cm³/mol. The minimum Gasteiger partial charge on any atom is -0.366 e. The van der Waals surface area contributed by atoms with Crippen molar-refractivity contribution in [3.63, 3.8) is 0 Å². The number of nitrogens with zero attached hydrogens (tertiary/aromatic N) is 2. The van der Waals surface area contributed by atoms with Crippen LogP contribution in [-0.2, 0) is 0 Å². The quantitative estimate of drug-likeness (QED) is 0.828. The van der Waals surface area contributed by atoms with Gasteiger partial charge in [0.05, 0.1) is 12.4 Å². The summed E-state index contributed by atoms with van der Waals surface area (Å²) in [6, 6.07) is 0.853. The maximum absolute atomic E-state index is 12.1. The van der Waals surface area contributed by atoms with Crippen LogP contribution in [0.3, 0.4) is 0 Å². The van der Waals surface area contributed by atoms with Crippen LogP contribution in [0.2, 0.25) is 0 Å². The van der Waals surface area contributed by atoms with Crippen molar-refractivity contribution in [2.45, 2.75) is 63.5 Å². The molecule has 1 aromatic rings. The molecule has 0 atom stereocenters. The summed E-state index contributed by atoms with van der Waals surface area (Å²) in [7, 11) is 0. The Hall–Kier alpha value is -1.65. The number of amides is 1. The number of aromatic nitrogens is 2. The zero-order chi connectivity index (χ0) is 13.8. The second kappa shape index (κ2) is 6.20. The third-order valence-electron chi connectivity index (χ3n) is 4.00. The molecule has 5 heteroatoms. The largest absolute Gasteiger partial charge is 0.366 e. The third kappa shape index (κ3) is 3.68. The van der Waals surface area contributed by atoms with E-state index in [1.165, 1.54) is 38.5 Å². The van der Waals surface area contributed by atoms with Gasteiger partial charge < -0.3 is 10.6 Å². The van der Waals surface area contributed by atoms with Gasteiger partial charge in [-0.05, 0) is 25.7 Å². The molecule has 3 rings (SSSR count). The molecule has 1 amide bonds. The van der Waals surface area contributed by atoms with Gasteiger partial charge in [-0.1, -0.05) is 25.7 Å². The van der Waals surface area contributed by atoms with Crippen LogP contribution in [0.5, 0.6) is 0 Å². The summed E-state index contributed by atoms with van der Waals surface area (Å²) in [5, 5.41) is 6.35. The molecule has 0 radical (unpaired) electrons. The number of anilines is 1. The van der Waals surface area contributed by atoms with E-state index >= 15 is 0 Å². The molecular formula is C15H22N4O. The minimum absolute atomic E-state index is 0.0950. The number of carbonyl (C=O) groups is 1. The fourth-order valence-corrected chi connectivity index (χ4v) is 2.64. The van der Waals surface area contributed by atoms with E-state index in [4.69, 9.17) is 0 Å². The van der Waals surface area contributed by atoms with Crippen LogP contribution in [0, 0.1) is 0 Å². The summed E-state index contributed by atoms with van der Waals surface area (Å²) in [5.74, 6) is 0.667. The molecule has 2 N–H and O–H groups in total. The van der Waals surface area contributed by atoms with Gasteiger partial charge in [0, 0.05) is 12.1 Å². The van der Waals surface area contributed by atoms with Gasteiger partial charge in [-0.15, -0.1) is 0 Å². The van der Waals surface area contributed by atoms with Crippen molar-refractivity contribution in [1.82, 2.24) is 15.3 Å². The summed E-state index contributed by atoms with van der Waals surface area (Å²) in [5.41, 5.74) is 0.413. The number of rotatable bonds is 4. The van der Waals surface area contributed by atoms with Crippen molar-refractivity contribution in [2.75, 3.05) is 5.32 Å². The minimum atomic E-state index is -0.0950. The molecule has 1 aromatic heterocycles. The number of hydrogen-bond acceptors (Lipinski definition) is 4. The van der Waals surface area contributed by atoms with E-state index in [2.05, 4.69) is 20.6 Å². The summed E-state index contributed by atoms with van der Waals surface area (Å²) in [6.45, 7) is 0. The van der Waals surface area contributed by atoms with E-state index in [0.717, 1.165) is 18.7 Å². The van der Waals surface area contributed by atoms with Crippen molar-refractivity contribution in [3.05, 3.63) is 18.1 Å². The molecule has 2 aliphatic carbocycles. The smallest absolute Gasteiger partial charge is 0.271 e. The molecule has 1 heterocycles. The molecular weight excluding hydrogens is 252 g/mol. The topological polar surface area (TPSA) is 66.9 Å². The number of hydrogen-bond donors (Lipinski definition) is 2. The van der Waals surface area contributed by atoms with Crippen LogP contribution in [0.25, 0.3) is 0 Å².